The summed E-state index contributed by atoms with van der Waals surface area (Å²) in [6.45, 7) is 1.47. The molecule has 1 fully saturated rings. The highest BCUT2D eigenvalue weighted by Crippen LogP contribution is 2.25. The van der Waals surface area contributed by atoms with Crippen molar-refractivity contribution in [1.82, 2.24) is 14.5 Å². The van der Waals surface area contributed by atoms with Crippen LogP contribution in [0.3, 0.4) is 0 Å². The predicted molar refractivity (Wildman–Crippen MR) is 115 cm³/mol. The first-order valence-corrected chi connectivity index (χ1v) is 11.3. The Morgan fingerprint density at radius 3 is 2.17 bits per heavy atom. The smallest absolute Gasteiger partial charge is 0.243 e. The molecule has 0 atom stereocenters. The summed E-state index contributed by atoms with van der Waals surface area (Å²) in [6, 6.07) is 14.5. The van der Waals surface area contributed by atoms with E-state index in [0.717, 1.165) is 23.4 Å². The predicted octanol–water partition coefficient (Wildman–Crippen LogP) is 4.10. The van der Waals surface area contributed by atoms with Crippen LogP contribution in [0.1, 0.15) is 0 Å². The Hall–Kier alpha value is -2.26. The van der Waals surface area contributed by atoms with Crippen molar-refractivity contribution in [2.45, 2.75) is 4.90 Å². The molecule has 0 spiro atoms. The van der Waals surface area contributed by atoms with Gasteiger partial charge in [-0.25, -0.2) is 12.8 Å². The van der Waals surface area contributed by atoms with E-state index in [1.165, 1.54) is 10.4 Å². The van der Waals surface area contributed by atoms with Crippen LogP contribution in [0.4, 0.5) is 10.2 Å². The Morgan fingerprint density at radius 2 is 1.57 bits per heavy atom. The number of benzene rings is 2. The van der Waals surface area contributed by atoms with E-state index in [-0.39, 0.29) is 23.0 Å². The van der Waals surface area contributed by atoms with Gasteiger partial charge in [0.05, 0.1) is 15.6 Å². The van der Waals surface area contributed by atoms with Crippen LogP contribution >= 0.6 is 23.2 Å². The zero-order chi connectivity index (χ0) is 21.3. The molecule has 1 aliphatic rings. The zero-order valence-corrected chi connectivity index (χ0v) is 18.0. The molecule has 2 heterocycles. The van der Waals surface area contributed by atoms with Crippen molar-refractivity contribution < 1.29 is 12.8 Å². The summed E-state index contributed by atoms with van der Waals surface area (Å²) in [5, 5.41) is 8.99. The van der Waals surface area contributed by atoms with E-state index < -0.39 is 15.8 Å². The van der Waals surface area contributed by atoms with Crippen LogP contribution in [0.25, 0.3) is 11.3 Å². The van der Waals surface area contributed by atoms with Crippen molar-refractivity contribution in [3.8, 4) is 11.3 Å². The minimum absolute atomic E-state index is 0.0190. The number of nitrogens with zero attached hydrogens (tertiary/aromatic N) is 4. The van der Waals surface area contributed by atoms with E-state index >= 15 is 0 Å². The van der Waals surface area contributed by atoms with Crippen molar-refractivity contribution in [3.63, 3.8) is 0 Å². The molecule has 156 valence electrons. The number of hydrogen-bond acceptors (Lipinski definition) is 5. The number of sulfonamides is 1. The molecule has 10 heteroatoms. The van der Waals surface area contributed by atoms with Gasteiger partial charge in [0.1, 0.15) is 5.82 Å². The van der Waals surface area contributed by atoms with Crippen LogP contribution in [0.2, 0.25) is 10.0 Å². The number of halogens is 3. The van der Waals surface area contributed by atoms with Gasteiger partial charge in [0.2, 0.25) is 10.0 Å². The fourth-order valence-corrected chi connectivity index (χ4v) is 5.03. The van der Waals surface area contributed by atoms with E-state index in [9.17, 15) is 12.8 Å². The lowest BCUT2D eigenvalue weighted by atomic mass is 10.1. The monoisotopic (exact) mass is 466 g/mol. The molecule has 30 heavy (non-hydrogen) atoms. The summed E-state index contributed by atoms with van der Waals surface area (Å²) < 4.78 is 40.3. The second kappa shape index (κ2) is 8.47. The molecular weight excluding hydrogens is 450 g/mol. The minimum atomic E-state index is -3.74. The van der Waals surface area contributed by atoms with Crippen LogP contribution in [-0.2, 0) is 10.0 Å². The molecule has 0 aliphatic carbocycles. The van der Waals surface area contributed by atoms with Crippen molar-refractivity contribution in [2.75, 3.05) is 31.1 Å². The normalized spacial score (nSPS) is 15.4. The Morgan fingerprint density at radius 1 is 0.867 bits per heavy atom. The summed E-state index contributed by atoms with van der Waals surface area (Å²) >= 11 is 11.6. The van der Waals surface area contributed by atoms with Gasteiger partial charge in [0, 0.05) is 36.8 Å². The lowest BCUT2D eigenvalue weighted by molar-refractivity contribution is 0.383. The van der Waals surface area contributed by atoms with Crippen molar-refractivity contribution in [3.05, 3.63) is 70.5 Å². The lowest BCUT2D eigenvalue weighted by Crippen LogP contribution is -2.49. The van der Waals surface area contributed by atoms with Crippen molar-refractivity contribution >= 4 is 39.0 Å². The van der Waals surface area contributed by atoms with Gasteiger partial charge in [0.15, 0.2) is 5.82 Å². The fraction of sp³-hybridized carbons (Fsp3) is 0.200. The van der Waals surface area contributed by atoms with Gasteiger partial charge in [-0.1, -0.05) is 35.3 Å². The van der Waals surface area contributed by atoms with Gasteiger partial charge in [-0.15, -0.1) is 10.2 Å². The summed E-state index contributed by atoms with van der Waals surface area (Å²) in [6.07, 6.45) is 0. The molecule has 4 rings (SSSR count). The molecule has 0 radical (unpaired) electrons. The molecular formula is C20H17Cl2FN4O2S. The van der Waals surface area contributed by atoms with Crippen LogP contribution in [0, 0.1) is 5.82 Å². The minimum Gasteiger partial charge on any atom is -0.352 e. The number of aromatic nitrogens is 2. The van der Waals surface area contributed by atoms with Gasteiger partial charge < -0.3 is 4.90 Å². The third-order valence-corrected chi connectivity index (χ3v) is 7.32. The molecule has 3 aromatic rings. The third-order valence-electron chi connectivity index (χ3n) is 4.88. The first kappa shape index (κ1) is 21.0. The highest BCUT2D eigenvalue weighted by atomic mass is 35.5. The third kappa shape index (κ3) is 4.27. The topological polar surface area (TPSA) is 66.4 Å². The van der Waals surface area contributed by atoms with E-state index in [4.69, 9.17) is 23.2 Å². The van der Waals surface area contributed by atoms with E-state index in [0.29, 0.717) is 23.9 Å². The van der Waals surface area contributed by atoms with E-state index in [1.807, 2.05) is 29.2 Å². The highest BCUT2D eigenvalue weighted by molar-refractivity contribution is 7.89. The van der Waals surface area contributed by atoms with Crippen LogP contribution < -0.4 is 4.90 Å². The lowest BCUT2D eigenvalue weighted by Gasteiger charge is -2.34. The largest absolute Gasteiger partial charge is 0.352 e. The number of rotatable bonds is 4. The molecule has 0 saturated carbocycles. The SMILES string of the molecule is O=S(=O)(c1ccc(F)c(Cl)c1)N1CCN(c2ccc(-c3ccc(Cl)cc3)nn2)CC1. The fourth-order valence-electron chi connectivity index (χ4n) is 3.21. The maximum absolute atomic E-state index is 13.4. The van der Waals surface area contributed by atoms with Gasteiger partial charge in [-0.05, 0) is 42.5 Å². The van der Waals surface area contributed by atoms with Crippen molar-refractivity contribution in [1.29, 1.82) is 0 Å². The van der Waals surface area contributed by atoms with Gasteiger partial charge in [-0.3, -0.25) is 0 Å². The van der Waals surface area contributed by atoms with E-state index in [1.54, 1.807) is 12.1 Å². The molecule has 0 N–H and O–H groups in total. The highest BCUT2D eigenvalue weighted by Gasteiger charge is 2.29. The Labute approximate surface area is 183 Å². The van der Waals surface area contributed by atoms with Crippen LogP contribution in [0.5, 0.6) is 0 Å². The molecule has 1 aliphatic heterocycles. The second-order valence-corrected chi connectivity index (χ2v) is 9.53. The maximum atomic E-state index is 13.4. The number of hydrogen-bond donors (Lipinski definition) is 0. The molecule has 0 amide bonds. The number of piperazine rings is 1. The Kier molecular flexibility index (Phi) is 5.92. The summed E-state index contributed by atoms with van der Waals surface area (Å²) in [5.74, 6) is 0.0237. The molecule has 1 saturated heterocycles. The Bertz CT molecular complexity index is 1150. The van der Waals surface area contributed by atoms with Gasteiger partial charge in [0.25, 0.3) is 0 Å². The summed E-state index contributed by atoms with van der Waals surface area (Å²) in [7, 11) is -3.74. The van der Waals surface area contributed by atoms with Gasteiger partial charge in [-0.2, -0.15) is 4.31 Å². The van der Waals surface area contributed by atoms with Crippen LogP contribution in [0.15, 0.2) is 59.5 Å². The number of anilines is 1. The quantitative estimate of drug-likeness (QED) is 0.578. The van der Waals surface area contributed by atoms with E-state index in [2.05, 4.69) is 10.2 Å². The first-order valence-electron chi connectivity index (χ1n) is 9.14. The maximum Gasteiger partial charge on any atom is 0.243 e. The first-order chi connectivity index (χ1) is 14.3. The van der Waals surface area contributed by atoms with Gasteiger partial charge >= 0.3 is 0 Å². The average molecular weight is 467 g/mol. The summed E-state index contributed by atoms with van der Waals surface area (Å²) in [5.41, 5.74) is 1.64. The van der Waals surface area contributed by atoms with Crippen molar-refractivity contribution in [2.24, 2.45) is 0 Å². The molecule has 0 unspecified atom stereocenters. The standard InChI is InChI=1S/C20H17Cl2FN4O2S/c21-15-3-1-14(2-4-15)19-7-8-20(25-24-19)26-9-11-27(12-10-26)30(28,29)16-5-6-18(23)17(22)13-16/h1-8,13H,9-12H2. The summed E-state index contributed by atoms with van der Waals surface area (Å²) in [4.78, 5) is 1.96. The average Bonchev–Trinajstić information content (AvgIpc) is 2.76. The molecule has 1 aromatic heterocycles. The molecule has 2 aromatic carbocycles. The van der Waals surface area contributed by atoms with Crippen LogP contribution in [-0.4, -0.2) is 49.1 Å². The molecule has 6 nitrogen and oxygen atoms in total. The zero-order valence-electron chi connectivity index (χ0n) is 15.7. The molecule has 0 bridgehead atoms. The Balaban J connectivity index is 1.44. The second-order valence-electron chi connectivity index (χ2n) is 6.75.